The lowest BCUT2D eigenvalue weighted by Gasteiger charge is -2.38. The van der Waals surface area contributed by atoms with Gasteiger partial charge in [0, 0.05) is 46.8 Å². The van der Waals surface area contributed by atoms with Crippen LogP contribution in [0.3, 0.4) is 0 Å². The molecule has 5 rings (SSSR count). The second kappa shape index (κ2) is 9.42. The Balaban J connectivity index is 1.45. The van der Waals surface area contributed by atoms with Gasteiger partial charge in [0.2, 0.25) is 0 Å². The highest BCUT2D eigenvalue weighted by atomic mass is 32.1. The number of aromatic nitrogens is 1. The van der Waals surface area contributed by atoms with E-state index in [1.807, 2.05) is 6.92 Å². The highest BCUT2D eigenvalue weighted by molar-refractivity contribution is 7.21. The number of nitrogens with zero attached hydrogens (tertiary/aromatic N) is 2. The van der Waals surface area contributed by atoms with Crippen molar-refractivity contribution >= 4 is 55.7 Å². The van der Waals surface area contributed by atoms with Crippen LogP contribution >= 0.6 is 11.3 Å². The number of methoxy groups -OCH3 is 1. The lowest BCUT2D eigenvalue weighted by atomic mass is 10.0. The number of pyridine rings is 1. The summed E-state index contributed by atoms with van der Waals surface area (Å²) < 4.78 is 5.95. The summed E-state index contributed by atoms with van der Waals surface area (Å²) in [6.07, 6.45) is 0.0706. The molecule has 0 atom stereocenters. The van der Waals surface area contributed by atoms with E-state index in [1.54, 1.807) is 54.5 Å². The average Bonchev–Trinajstić information content (AvgIpc) is 3.19. The van der Waals surface area contributed by atoms with Gasteiger partial charge in [-0.25, -0.2) is 4.98 Å². The molecule has 2 amide bonds. The largest absolute Gasteiger partial charge is 0.392 e. The minimum Gasteiger partial charge on any atom is -0.392 e. The predicted molar refractivity (Wildman–Crippen MR) is 139 cm³/mol. The summed E-state index contributed by atoms with van der Waals surface area (Å²) in [5, 5.41) is 14.1. The maximum absolute atomic E-state index is 13.2. The number of hydrogen-bond acceptors (Lipinski definition) is 7. The summed E-state index contributed by atoms with van der Waals surface area (Å²) in [4.78, 5) is 45.0. The number of carbonyl (C=O) groups is 3. The van der Waals surface area contributed by atoms with Crippen LogP contribution < -0.4 is 5.32 Å². The molecule has 0 aliphatic carbocycles. The number of Topliss-reactive ketones (excluding diaryl/α,β-unsaturated/α-hetero) is 1. The fraction of sp³-hybridized carbons (Fsp3) is 0.259. The van der Waals surface area contributed by atoms with Crippen molar-refractivity contribution in [1.29, 1.82) is 0 Å². The van der Waals surface area contributed by atoms with E-state index < -0.39 is 0 Å². The molecule has 1 saturated heterocycles. The number of rotatable bonds is 6. The van der Waals surface area contributed by atoms with Crippen LogP contribution in [0.5, 0.6) is 0 Å². The second-order valence-electron chi connectivity index (χ2n) is 8.84. The molecule has 8 nitrogen and oxygen atoms in total. The molecular weight excluding hydrogens is 478 g/mol. The Hall–Kier alpha value is -3.66. The first-order valence-electron chi connectivity index (χ1n) is 11.5. The zero-order valence-corrected chi connectivity index (χ0v) is 20.9. The van der Waals surface area contributed by atoms with Crippen molar-refractivity contribution in [3.05, 3.63) is 69.6 Å². The van der Waals surface area contributed by atoms with Gasteiger partial charge in [0.1, 0.15) is 5.82 Å². The zero-order chi connectivity index (χ0) is 25.6. The number of carbonyl (C=O) groups excluding carboxylic acids is 3. The first kappa shape index (κ1) is 24.1. The second-order valence-corrected chi connectivity index (χ2v) is 9.86. The van der Waals surface area contributed by atoms with Crippen LogP contribution in [0.2, 0.25) is 0 Å². The molecule has 2 aromatic carbocycles. The normalized spacial score (nSPS) is 13.7. The summed E-state index contributed by atoms with van der Waals surface area (Å²) in [6, 6.07) is 12.2. The third-order valence-corrected chi connectivity index (χ3v) is 7.92. The number of amides is 2. The van der Waals surface area contributed by atoms with E-state index in [4.69, 9.17) is 4.74 Å². The maximum atomic E-state index is 13.2. The molecule has 0 unspecified atom stereocenters. The minimum atomic E-state index is -0.350. The summed E-state index contributed by atoms with van der Waals surface area (Å²) in [5.74, 6) is -0.173. The number of aliphatic hydroxyl groups is 1. The van der Waals surface area contributed by atoms with Gasteiger partial charge < -0.3 is 20.1 Å². The molecule has 1 aliphatic heterocycles. The Morgan fingerprint density at radius 3 is 2.61 bits per heavy atom. The van der Waals surface area contributed by atoms with Crippen LogP contribution in [-0.4, -0.2) is 58.9 Å². The first-order valence-corrected chi connectivity index (χ1v) is 12.3. The number of thiophene rings is 1. The Bertz CT molecular complexity index is 1540. The number of anilines is 1. The van der Waals surface area contributed by atoms with Crippen molar-refractivity contribution in [3.63, 3.8) is 0 Å². The highest BCUT2D eigenvalue weighted by Gasteiger charge is 2.31. The zero-order valence-electron chi connectivity index (χ0n) is 20.1. The number of aryl methyl sites for hydroxylation is 1. The molecule has 1 aliphatic rings. The van der Waals surface area contributed by atoms with Gasteiger partial charge in [-0.05, 0) is 55.3 Å². The average molecular weight is 504 g/mol. The van der Waals surface area contributed by atoms with E-state index in [-0.39, 0.29) is 30.3 Å². The SMILES string of the molecule is COC1CN(C(=O)c2cccc3nc(NC(=O)c4sc5c(C(C)=O)ccc(CO)c5c4C)ccc23)C1. The monoisotopic (exact) mass is 503 g/mol. The summed E-state index contributed by atoms with van der Waals surface area (Å²) >= 11 is 1.23. The standard InChI is InChI=1S/C27H25N3O5S/c1-14-23-16(13-31)7-8-18(15(2)32)25(23)36-24(14)26(33)29-22-10-9-19-20(5-4-6-21(19)28-22)27(34)30-11-17(12-30)35-3/h4-10,17,31H,11-13H2,1-3H3,(H,28,29,33). The van der Waals surface area contributed by atoms with Crippen molar-refractivity contribution in [2.75, 3.05) is 25.5 Å². The molecule has 2 N–H and O–H groups in total. The number of likely N-dealkylation sites (tertiary alicyclic amines) is 1. The smallest absolute Gasteiger partial charge is 0.267 e. The van der Waals surface area contributed by atoms with Crippen molar-refractivity contribution in [1.82, 2.24) is 9.88 Å². The Kier molecular flexibility index (Phi) is 6.29. The van der Waals surface area contributed by atoms with E-state index in [0.717, 1.165) is 5.39 Å². The van der Waals surface area contributed by atoms with Gasteiger partial charge in [-0.3, -0.25) is 14.4 Å². The summed E-state index contributed by atoms with van der Waals surface area (Å²) in [6.45, 7) is 4.23. The van der Waals surface area contributed by atoms with Crippen molar-refractivity contribution in [3.8, 4) is 0 Å². The van der Waals surface area contributed by atoms with Crippen LogP contribution in [0.4, 0.5) is 5.82 Å². The number of hydrogen-bond donors (Lipinski definition) is 2. The van der Waals surface area contributed by atoms with E-state index >= 15 is 0 Å². The van der Waals surface area contributed by atoms with Crippen LogP contribution in [0, 0.1) is 6.92 Å². The molecule has 184 valence electrons. The number of aliphatic hydroxyl groups excluding tert-OH is 1. The maximum Gasteiger partial charge on any atom is 0.267 e. The van der Waals surface area contributed by atoms with E-state index in [2.05, 4.69) is 10.3 Å². The lowest BCUT2D eigenvalue weighted by Crippen LogP contribution is -2.54. The Morgan fingerprint density at radius 2 is 1.92 bits per heavy atom. The van der Waals surface area contributed by atoms with Crippen molar-refractivity contribution < 1.29 is 24.2 Å². The molecule has 0 spiro atoms. The Labute approximate surface area is 211 Å². The molecule has 4 aromatic rings. The third kappa shape index (κ3) is 4.05. The molecule has 3 heterocycles. The number of ketones is 1. The van der Waals surface area contributed by atoms with Crippen LogP contribution in [0.1, 0.15) is 48.4 Å². The van der Waals surface area contributed by atoms with Gasteiger partial charge in [-0.1, -0.05) is 12.1 Å². The van der Waals surface area contributed by atoms with Crippen molar-refractivity contribution in [2.24, 2.45) is 0 Å². The fourth-order valence-corrected chi connectivity index (χ4v) is 5.88. The summed E-state index contributed by atoms with van der Waals surface area (Å²) in [5.41, 5.74) is 3.05. The predicted octanol–water partition coefficient (Wildman–Crippen LogP) is 4.18. The van der Waals surface area contributed by atoms with E-state index in [1.165, 1.54) is 18.3 Å². The highest BCUT2D eigenvalue weighted by Crippen LogP contribution is 2.36. The number of fused-ring (bicyclic) bond motifs is 2. The molecule has 0 saturated carbocycles. The van der Waals surface area contributed by atoms with Gasteiger partial charge >= 0.3 is 0 Å². The topological polar surface area (TPSA) is 109 Å². The fourth-order valence-electron chi connectivity index (χ4n) is 4.57. The molecule has 1 fully saturated rings. The molecule has 0 radical (unpaired) electrons. The van der Waals surface area contributed by atoms with Gasteiger partial charge in [0.25, 0.3) is 11.8 Å². The first-order chi connectivity index (χ1) is 17.3. The van der Waals surface area contributed by atoms with Gasteiger partial charge in [0.05, 0.1) is 23.1 Å². The van der Waals surface area contributed by atoms with Gasteiger partial charge in [-0.2, -0.15) is 0 Å². The van der Waals surface area contributed by atoms with Crippen LogP contribution in [0.25, 0.3) is 21.0 Å². The molecule has 9 heteroatoms. The number of benzene rings is 2. The van der Waals surface area contributed by atoms with Crippen LogP contribution in [-0.2, 0) is 11.3 Å². The van der Waals surface area contributed by atoms with Gasteiger partial charge in [-0.15, -0.1) is 11.3 Å². The molecule has 36 heavy (non-hydrogen) atoms. The van der Waals surface area contributed by atoms with Gasteiger partial charge in [0.15, 0.2) is 5.78 Å². The third-order valence-electron chi connectivity index (χ3n) is 6.59. The van der Waals surface area contributed by atoms with E-state index in [9.17, 15) is 19.5 Å². The molecule has 0 bridgehead atoms. The lowest BCUT2D eigenvalue weighted by molar-refractivity contribution is -0.0191. The molecule has 2 aromatic heterocycles. The number of ether oxygens (including phenoxy) is 1. The summed E-state index contributed by atoms with van der Waals surface area (Å²) in [7, 11) is 1.64. The quantitative estimate of drug-likeness (QED) is 0.382. The van der Waals surface area contributed by atoms with Crippen LogP contribution in [0.15, 0.2) is 42.5 Å². The van der Waals surface area contributed by atoms with E-state index in [0.29, 0.717) is 61.6 Å². The van der Waals surface area contributed by atoms with Crippen molar-refractivity contribution in [2.45, 2.75) is 26.6 Å². The molecular formula is C27H25N3O5S. The Morgan fingerprint density at radius 1 is 1.14 bits per heavy atom. The number of nitrogens with one attached hydrogen (secondary N) is 1. The minimum absolute atomic E-state index is 0.0706.